The first-order valence-electron chi connectivity index (χ1n) is 6.14. The largest absolute Gasteiger partial charge is 0.336 e. The van der Waals surface area contributed by atoms with Crippen LogP contribution in [-0.4, -0.2) is 47.4 Å². The molecule has 0 aromatic heterocycles. The maximum absolute atomic E-state index is 11.6. The Bertz CT molecular complexity index is 261. The Morgan fingerprint density at radius 1 is 1.31 bits per heavy atom. The predicted molar refractivity (Wildman–Crippen MR) is 67.2 cm³/mol. The molecule has 1 saturated heterocycles. The summed E-state index contributed by atoms with van der Waals surface area (Å²) in [4.78, 5) is 16.0. The van der Waals surface area contributed by atoms with Crippen molar-refractivity contribution < 1.29 is 4.79 Å². The van der Waals surface area contributed by atoms with Crippen molar-refractivity contribution in [2.24, 2.45) is 5.92 Å². The molecule has 0 aliphatic carbocycles. The third-order valence-corrected chi connectivity index (χ3v) is 3.38. The van der Waals surface area contributed by atoms with Gasteiger partial charge in [0.15, 0.2) is 0 Å². The molecule has 3 nitrogen and oxygen atoms in total. The number of carbonyl (C=O) groups is 1. The zero-order valence-electron chi connectivity index (χ0n) is 10.9. The van der Waals surface area contributed by atoms with Crippen LogP contribution in [0, 0.1) is 5.92 Å². The summed E-state index contributed by atoms with van der Waals surface area (Å²) in [6, 6.07) is 1.02. The minimum atomic E-state index is 0.0639. The zero-order valence-corrected chi connectivity index (χ0v) is 10.9. The Hall–Kier alpha value is -0.830. The van der Waals surface area contributed by atoms with Gasteiger partial charge in [-0.25, -0.2) is 0 Å². The van der Waals surface area contributed by atoms with Gasteiger partial charge >= 0.3 is 0 Å². The summed E-state index contributed by atoms with van der Waals surface area (Å²) in [5.74, 6) is 0.636. The molecule has 92 valence electrons. The lowest BCUT2D eigenvalue weighted by atomic mass is 9.98. The molecule has 1 rings (SSSR count). The zero-order chi connectivity index (χ0) is 12.3. The number of nitrogens with zero attached hydrogens (tertiary/aromatic N) is 2. The van der Waals surface area contributed by atoms with Gasteiger partial charge in [-0.15, -0.1) is 0 Å². The van der Waals surface area contributed by atoms with E-state index < -0.39 is 0 Å². The van der Waals surface area contributed by atoms with Crippen LogP contribution >= 0.6 is 0 Å². The van der Waals surface area contributed by atoms with Crippen molar-refractivity contribution in [2.75, 3.05) is 19.6 Å². The van der Waals surface area contributed by atoms with E-state index in [1.54, 1.807) is 0 Å². The fourth-order valence-electron chi connectivity index (χ4n) is 2.39. The topological polar surface area (TPSA) is 23.6 Å². The summed E-state index contributed by atoms with van der Waals surface area (Å²) in [5, 5.41) is 0. The first kappa shape index (κ1) is 13.2. The van der Waals surface area contributed by atoms with E-state index >= 15 is 0 Å². The summed E-state index contributed by atoms with van der Waals surface area (Å²) >= 11 is 0. The number of rotatable bonds is 3. The molecule has 0 radical (unpaired) electrons. The quantitative estimate of drug-likeness (QED) is 0.682. The average molecular weight is 224 g/mol. The van der Waals surface area contributed by atoms with Crippen LogP contribution in [0.15, 0.2) is 12.7 Å². The monoisotopic (exact) mass is 224 g/mol. The molecule has 1 heterocycles. The molecule has 0 aromatic carbocycles. The fourth-order valence-corrected chi connectivity index (χ4v) is 2.39. The Labute approximate surface area is 99.1 Å². The Morgan fingerprint density at radius 2 is 1.94 bits per heavy atom. The summed E-state index contributed by atoms with van der Waals surface area (Å²) in [6.07, 6.45) is 1.42. The Kier molecular flexibility index (Phi) is 4.54. The van der Waals surface area contributed by atoms with Gasteiger partial charge in [0.2, 0.25) is 5.91 Å². The van der Waals surface area contributed by atoms with Crippen LogP contribution in [0.1, 0.15) is 27.7 Å². The first-order valence-corrected chi connectivity index (χ1v) is 6.14. The van der Waals surface area contributed by atoms with E-state index in [1.165, 1.54) is 6.08 Å². The second-order valence-corrected chi connectivity index (χ2v) is 5.13. The van der Waals surface area contributed by atoms with E-state index in [9.17, 15) is 4.79 Å². The van der Waals surface area contributed by atoms with Crippen molar-refractivity contribution in [2.45, 2.75) is 39.8 Å². The molecule has 1 aliphatic heterocycles. The Morgan fingerprint density at radius 3 is 2.38 bits per heavy atom. The van der Waals surface area contributed by atoms with Crippen LogP contribution in [0.2, 0.25) is 0 Å². The summed E-state index contributed by atoms with van der Waals surface area (Å²) in [7, 11) is 0. The molecule has 16 heavy (non-hydrogen) atoms. The van der Waals surface area contributed by atoms with Gasteiger partial charge in [-0.2, -0.15) is 0 Å². The van der Waals surface area contributed by atoms with Crippen molar-refractivity contribution in [3.63, 3.8) is 0 Å². The maximum Gasteiger partial charge on any atom is 0.246 e. The van der Waals surface area contributed by atoms with E-state index in [0.29, 0.717) is 18.0 Å². The van der Waals surface area contributed by atoms with Gasteiger partial charge in [0.25, 0.3) is 0 Å². The van der Waals surface area contributed by atoms with Crippen molar-refractivity contribution in [1.29, 1.82) is 0 Å². The van der Waals surface area contributed by atoms with E-state index in [1.807, 2.05) is 4.90 Å². The van der Waals surface area contributed by atoms with Crippen LogP contribution in [0.25, 0.3) is 0 Å². The lowest BCUT2D eigenvalue weighted by molar-refractivity contribution is -0.130. The lowest BCUT2D eigenvalue weighted by Crippen LogP contribution is -2.58. The van der Waals surface area contributed by atoms with E-state index in [-0.39, 0.29) is 5.91 Å². The van der Waals surface area contributed by atoms with Gasteiger partial charge in [-0.1, -0.05) is 20.4 Å². The molecule has 0 aromatic rings. The molecule has 1 fully saturated rings. The molecule has 0 saturated carbocycles. The highest BCUT2D eigenvalue weighted by Gasteiger charge is 2.31. The van der Waals surface area contributed by atoms with Crippen LogP contribution < -0.4 is 0 Å². The molecule has 1 amide bonds. The number of hydrogen-bond acceptors (Lipinski definition) is 2. The number of hydrogen-bond donors (Lipinski definition) is 0. The van der Waals surface area contributed by atoms with Crippen LogP contribution in [0.4, 0.5) is 0 Å². The van der Waals surface area contributed by atoms with Gasteiger partial charge in [-0.05, 0) is 25.8 Å². The normalized spacial score (nSPS) is 22.9. The van der Waals surface area contributed by atoms with Gasteiger partial charge in [0, 0.05) is 31.7 Å². The molecule has 1 unspecified atom stereocenters. The summed E-state index contributed by atoms with van der Waals surface area (Å²) in [6.45, 7) is 15.1. The molecule has 0 N–H and O–H groups in total. The highest BCUT2D eigenvalue weighted by atomic mass is 16.2. The highest BCUT2D eigenvalue weighted by molar-refractivity contribution is 5.87. The first-order chi connectivity index (χ1) is 7.47. The van der Waals surface area contributed by atoms with E-state index in [2.05, 4.69) is 39.2 Å². The minimum Gasteiger partial charge on any atom is -0.336 e. The number of piperazine rings is 1. The third-order valence-electron chi connectivity index (χ3n) is 3.38. The molecular formula is C13H24N2O. The van der Waals surface area contributed by atoms with Gasteiger partial charge in [-0.3, -0.25) is 9.69 Å². The minimum absolute atomic E-state index is 0.0639. The van der Waals surface area contributed by atoms with Crippen molar-refractivity contribution in [3.8, 4) is 0 Å². The second-order valence-electron chi connectivity index (χ2n) is 5.13. The maximum atomic E-state index is 11.6. The average Bonchev–Trinajstić information content (AvgIpc) is 2.26. The predicted octanol–water partition coefficient (Wildman–Crippen LogP) is 1.75. The van der Waals surface area contributed by atoms with Crippen molar-refractivity contribution in [3.05, 3.63) is 12.7 Å². The van der Waals surface area contributed by atoms with Gasteiger partial charge in [0.05, 0.1) is 0 Å². The molecule has 3 heteroatoms. The van der Waals surface area contributed by atoms with Gasteiger partial charge in [0.1, 0.15) is 0 Å². The fraction of sp³-hybridized carbons (Fsp3) is 0.769. The summed E-state index contributed by atoms with van der Waals surface area (Å²) < 4.78 is 0. The van der Waals surface area contributed by atoms with Crippen molar-refractivity contribution >= 4 is 5.91 Å². The highest BCUT2D eigenvalue weighted by Crippen LogP contribution is 2.19. The molecule has 1 aliphatic rings. The van der Waals surface area contributed by atoms with Gasteiger partial charge < -0.3 is 4.90 Å². The van der Waals surface area contributed by atoms with E-state index in [4.69, 9.17) is 0 Å². The lowest BCUT2D eigenvalue weighted by Gasteiger charge is -2.45. The van der Waals surface area contributed by atoms with Crippen LogP contribution in [-0.2, 0) is 4.79 Å². The van der Waals surface area contributed by atoms with Crippen molar-refractivity contribution in [1.82, 2.24) is 9.80 Å². The number of carbonyl (C=O) groups excluding carboxylic acids is 1. The number of amides is 1. The standard InChI is InChI=1S/C13H24N2O/c1-6-13(16)14-7-8-15(11(4)5)12(9-14)10(2)3/h6,10-12H,1,7-9H2,2-5H3. The summed E-state index contributed by atoms with van der Waals surface area (Å²) in [5.41, 5.74) is 0. The Balaban J connectivity index is 2.72. The van der Waals surface area contributed by atoms with E-state index in [0.717, 1.165) is 19.6 Å². The molecular weight excluding hydrogens is 200 g/mol. The smallest absolute Gasteiger partial charge is 0.246 e. The van der Waals surface area contributed by atoms with Crippen LogP contribution in [0.3, 0.4) is 0 Å². The third kappa shape index (κ3) is 2.85. The molecule has 1 atom stereocenters. The molecule has 0 spiro atoms. The SMILES string of the molecule is C=CC(=O)N1CCN(C(C)C)C(C(C)C)C1. The second kappa shape index (κ2) is 5.48. The van der Waals surface area contributed by atoms with Crippen LogP contribution in [0.5, 0.6) is 0 Å². The molecule has 0 bridgehead atoms.